The number of para-hydroxylation sites is 1. The molecule has 0 aromatic heterocycles. The first kappa shape index (κ1) is 24.8. The van der Waals surface area contributed by atoms with Gasteiger partial charge in [-0.3, -0.25) is 0 Å². The van der Waals surface area contributed by atoms with Gasteiger partial charge in [0.2, 0.25) is 0 Å². The Balaban J connectivity index is 0.00000341. The van der Waals surface area contributed by atoms with Crippen molar-refractivity contribution >= 4 is 24.0 Å². The van der Waals surface area contributed by atoms with E-state index < -0.39 is 0 Å². The molecule has 0 unspecified atom stereocenters. The summed E-state index contributed by atoms with van der Waals surface area (Å²) in [7, 11) is 3.23. The van der Waals surface area contributed by atoms with E-state index in [9.17, 15) is 4.39 Å². The highest BCUT2D eigenvalue weighted by Crippen LogP contribution is 2.37. The fourth-order valence-corrected chi connectivity index (χ4v) is 3.43. The third-order valence-corrected chi connectivity index (χ3v) is 4.99. The van der Waals surface area contributed by atoms with Crippen molar-refractivity contribution in [3.63, 3.8) is 0 Å². The summed E-state index contributed by atoms with van der Waals surface area (Å²) in [5.41, 5.74) is 2.58. The largest absolute Gasteiger partial charge is 0.496 e. The van der Waals surface area contributed by atoms with Gasteiger partial charge in [0.15, 0.2) is 11.5 Å². The summed E-state index contributed by atoms with van der Waals surface area (Å²) < 4.78 is 30.4. The lowest BCUT2D eigenvalue weighted by Gasteiger charge is -2.15. The van der Waals surface area contributed by atoms with E-state index in [2.05, 4.69) is 11.4 Å². The highest BCUT2D eigenvalue weighted by atomic mass is 35.5. The minimum absolute atomic E-state index is 0. The SMILES string of the molecule is COc1ccccc1CCNCc1cc(Cl)c(OCc2ccccc2F)c(OC)c1.Cl. The second kappa shape index (κ2) is 12.4. The van der Waals surface area contributed by atoms with Gasteiger partial charge in [-0.2, -0.15) is 0 Å². The predicted octanol–water partition coefficient (Wildman–Crippen LogP) is 5.83. The predicted molar refractivity (Wildman–Crippen MR) is 124 cm³/mol. The van der Waals surface area contributed by atoms with Crippen LogP contribution in [0.2, 0.25) is 5.02 Å². The topological polar surface area (TPSA) is 39.7 Å². The lowest BCUT2D eigenvalue weighted by atomic mass is 10.1. The molecular formula is C24H26Cl2FNO3. The number of halogens is 3. The third-order valence-electron chi connectivity index (χ3n) is 4.71. The van der Waals surface area contributed by atoms with Crippen molar-refractivity contribution in [1.29, 1.82) is 0 Å². The lowest BCUT2D eigenvalue weighted by Crippen LogP contribution is -2.17. The van der Waals surface area contributed by atoms with Crippen LogP contribution in [0, 0.1) is 5.82 Å². The molecule has 3 aromatic rings. The van der Waals surface area contributed by atoms with Gasteiger partial charge in [0.25, 0.3) is 0 Å². The van der Waals surface area contributed by atoms with Crippen LogP contribution in [0.5, 0.6) is 17.2 Å². The van der Waals surface area contributed by atoms with Crippen molar-refractivity contribution in [2.45, 2.75) is 19.6 Å². The number of nitrogens with one attached hydrogen (secondary N) is 1. The molecule has 3 aromatic carbocycles. The summed E-state index contributed by atoms with van der Waals surface area (Å²) >= 11 is 6.42. The first-order valence-corrected chi connectivity index (χ1v) is 10.1. The lowest BCUT2D eigenvalue weighted by molar-refractivity contribution is 0.279. The van der Waals surface area contributed by atoms with Crippen LogP contribution in [0.4, 0.5) is 4.39 Å². The summed E-state index contributed by atoms with van der Waals surface area (Å²) in [5, 5.41) is 3.83. The molecule has 0 atom stereocenters. The van der Waals surface area contributed by atoms with Crippen LogP contribution in [0.1, 0.15) is 16.7 Å². The quantitative estimate of drug-likeness (QED) is 0.382. The maximum absolute atomic E-state index is 13.8. The highest BCUT2D eigenvalue weighted by Gasteiger charge is 2.13. The van der Waals surface area contributed by atoms with Crippen LogP contribution in [-0.4, -0.2) is 20.8 Å². The molecule has 0 heterocycles. The van der Waals surface area contributed by atoms with Gasteiger partial charge in [0.1, 0.15) is 18.2 Å². The smallest absolute Gasteiger partial charge is 0.180 e. The molecule has 0 aliphatic carbocycles. The number of hydrogen-bond donors (Lipinski definition) is 1. The van der Waals surface area contributed by atoms with Crippen molar-refractivity contribution in [1.82, 2.24) is 5.32 Å². The third kappa shape index (κ3) is 6.76. The zero-order valence-corrected chi connectivity index (χ0v) is 19.1. The molecule has 31 heavy (non-hydrogen) atoms. The van der Waals surface area contributed by atoms with Gasteiger partial charge in [0, 0.05) is 12.1 Å². The molecule has 1 N–H and O–H groups in total. The normalized spacial score (nSPS) is 10.3. The maximum Gasteiger partial charge on any atom is 0.180 e. The maximum atomic E-state index is 13.8. The van der Waals surface area contributed by atoms with E-state index in [1.54, 1.807) is 32.4 Å². The summed E-state index contributed by atoms with van der Waals surface area (Å²) in [5.74, 6) is 1.49. The highest BCUT2D eigenvalue weighted by molar-refractivity contribution is 6.32. The van der Waals surface area contributed by atoms with Crippen LogP contribution in [0.3, 0.4) is 0 Å². The molecule has 0 aliphatic rings. The van der Waals surface area contributed by atoms with Gasteiger partial charge in [-0.15, -0.1) is 12.4 Å². The van der Waals surface area contributed by atoms with Crippen molar-refractivity contribution in [3.8, 4) is 17.2 Å². The molecule has 0 spiro atoms. The molecule has 0 saturated carbocycles. The van der Waals surface area contributed by atoms with Crippen molar-refractivity contribution in [3.05, 3.63) is 88.2 Å². The second-order valence-corrected chi connectivity index (χ2v) is 7.13. The summed E-state index contributed by atoms with van der Waals surface area (Å²) in [6.07, 6.45) is 0.846. The van der Waals surface area contributed by atoms with E-state index in [0.717, 1.165) is 29.8 Å². The molecule has 4 nitrogen and oxygen atoms in total. The van der Waals surface area contributed by atoms with E-state index in [0.29, 0.717) is 28.6 Å². The van der Waals surface area contributed by atoms with Gasteiger partial charge in [-0.05, 0) is 48.4 Å². The summed E-state index contributed by atoms with van der Waals surface area (Å²) in [6.45, 7) is 1.48. The molecule has 0 aliphatic heterocycles. The Morgan fingerprint density at radius 1 is 0.903 bits per heavy atom. The average Bonchev–Trinajstić information content (AvgIpc) is 2.77. The molecule has 0 radical (unpaired) electrons. The van der Waals surface area contributed by atoms with Crippen molar-refractivity contribution in [2.75, 3.05) is 20.8 Å². The first-order chi connectivity index (χ1) is 14.6. The molecule has 0 saturated heterocycles. The fourth-order valence-electron chi connectivity index (χ4n) is 3.15. The minimum Gasteiger partial charge on any atom is -0.496 e. The molecule has 166 valence electrons. The van der Waals surface area contributed by atoms with E-state index in [4.69, 9.17) is 25.8 Å². The Morgan fingerprint density at radius 2 is 1.58 bits per heavy atom. The van der Waals surface area contributed by atoms with Crippen molar-refractivity contribution < 1.29 is 18.6 Å². The zero-order valence-electron chi connectivity index (χ0n) is 17.5. The Bertz CT molecular complexity index is 985. The van der Waals surface area contributed by atoms with Crippen LogP contribution in [0.15, 0.2) is 60.7 Å². The van der Waals surface area contributed by atoms with Crippen LogP contribution in [-0.2, 0) is 19.6 Å². The Kier molecular flexibility index (Phi) is 9.92. The van der Waals surface area contributed by atoms with Crippen LogP contribution < -0.4 is 19.5 Å². The number of ether oxygens (including phenoxy) is 3. The monoisotopic (exact) mass is 465 g/mol. The van der Waals surface area contributed by atoms with E-state index in [1.807, 2.05) is 30.3 Å². The Hall–Kier alpha value is -2.47. The standard InChI is InChI=1S/C24H25ClFNO3.ClH/c1-28-22-10-6-4-7-18(22)11-12-27-15-17-13-20(25)24(23(14-17)29-2)30-16-19-8-3-5-9-21(19)26;/h3-10,13-14,27H,11-12,15-16H2,1-2H3;1H. The van der Waals surface area contributed by atoms with Gasteiger partial charge in [0.05, 0.1) is 19.2 Å². The summed E-state index contributed by atoms with van der Waals surface area (Å²) in [6, 6.07) is 18.2. The fraction of sp³-hybridized carbons (Fsp3) is 0.250. The van der Waals surface area contributed by atoms with E-state index >= 15 is 0 Å². The minimum atomic E-state index is -0.316. The van der Waals surface area contributed by atoms with Crippen LogP contribution >= 0.6 is 24.0 Å². The molecule has 0 fully saturated rings. The summed E-state index contributed by atoms with van der Waals surface area (Å²) in [4.78, 5) is 0. The van der Waals surface area contributed by atoms with Gasteiger partial charge >= 0.3 is 0 Å². The molecule has 7 heteroatoms. The van der Waals surface area contributed by atoms with E-state index in [-0.39, 0.29) is 24.8 Å². The Morgan fingerprint density at radius 3 is 2.29 bits per heavy atom. The molecule has 3 rings (SSSR count). The van der Waals surface area contributed by atoms with Gasteiger partial charge in [-0.25, -0.2) is 4.39 Å². The zero-order chi connectivity index (χ0) is 21.3. The number of methoxy groups -OCH3 is 2. The van der Waals surface area contributed by atoms with Gasteiger partial charge < -0.3 is 19.5 Å². The number of benzene rings is 3. The number of hydrogen-bond acceptors (Lipinski definition) is 4. The molecular weight excluding hydrogens is 440 g/mol. The van der Waals surface area contributed by atoms with Crippen molar-refractivity contribution in [2.24, 2.45) is 0 Å². The molecule has 0 amide bonds. The second-order valence-electron chi connectivity index (χ2n) is 6.73. The average molecular weight is 466 g/mol. The first-order valence-electron chi connectivity index (χ1n) is 9.67. The molecule has 0 bridgehead atoms. The van der Waals surface area contributed by atoms with Crippen LogP contribution in [0.25, 0.3) is 0 Å². The number of rotatable bonds is 10. The van der Waals surface area contributed by atoms with E-state index in [1.165, 1.54) is 6.07 Å². The van der Waals surface area contributed by atoms with Gasteiger partial charge in [-0.1, -0.05) is 48.0 Å². The Labute approximate surface area is 193 Å².